The molecule has 1 saturated carbocycles. The van der Waals surface area contributed by atoms with Crippen molar-refractivity contribution in [3.05, 3.63) is 29.3 Å². The Morgan fingerprint density at radius 3 is 2.55 bits per heavy atom. The Labute approximate surface area is 133 Å². The van der Waals surface area contributed by atoms with Gasteiger partial charge in [-0.05, 0) is 49.3 Å². The predicted octanol–water partition coefficient (Wildman–Crippen LogP) is 3.10. The lowest BCUT2D eigenvalue weighted by Gasteiger charge is -2.36. The minimum atomic E-state index is -0.689. The first-order valence-corrected chi connectivity index (χ1v) is 8.04. The number of rotatable bonds is 5. The van der Waals surface area contributed by atoms with Crippen LogP contribution in [0.3, 0.4) is 0 Å². The number of hydrogen-bond acceptors (Lipinski definition) is 3. The zero-order valence-corrected chi connectivity index (χ0v) is 14.1. The number of hydrogen-bond donors (Lipinski definition) is 3. The molecule has 1 aliphatic carbocycles. The van der Waals surface area contributed by atoms with E-state index in [1.165, 1.54) is 0 Å². The summed E-state index contributed by atoms with van der Waals surface area (Å²) in [6.45, 7) is 9.66. The van der Waals surface area contributed by atoms with Gasteiger partial charge in [-0.1, -0.05) is 26.8 Å². The second-order valence-corrected chi connectivity index (χ2v) is 7.65. The lowest BCUT2D eigenvalue weighted by molar-refractivity contribution is -0.0300. The highest BCUT2D eigenvalue weighted by molar-refractivity contribution is 5.97. The molecule has 0 atom stereocenters. The van der Waals surface area contributed by atoms with E-state index in [0.717, 1.165) is 37.1 Å². The number of carbonyl (C=O) groups is 1. The molecule has 4 heteroatoms. The van der Waals surface area contributed by atoms with E-state index < -0.39 is 5.60 Å². The van der Waals surface area contributed by atoms with Crippen LogP contribution in [0.4, 0.5) is 5.69 Å². The number of nitrogens with one attached hydrogen (secondary N) is 2. The van der Waals surface area contributed by atoms with Gasteiger partial charge in [0.05, 0.1) is 5.60 Å². The quantitative estimate of drug-likeness (QED) is 0.783. The molecule has 1 amide bonds. The number of anilines is 1. The fraction of sp³-hybridized carbons (Fsp3) is 0.611. The zero-order valence-electron chi connectivity index (χ0n) is 14.1. The van der Waals surface area contributed by atoms with Gasteiger partial charge in [0, 0.05) is 24.3 Å². The van der Waals surface area contributed by atoms with Crippen LogP contribution in [0.2, 0.25) is 0 Å². The molecule has 1 aromatic carbocycles. The van der Waals surface area contributed by atoms with Crippen molar-refractivity contribution in [2.24, 2.45) is 5.41 Å². The van der Waals surface area contributed by atoms with Crippen LogP contribution in [-0.4, -0.2) is 29.7 Å². The molecule has 0 saturated heterocycles. The van der Waals surface area contributed by atoms with Gasteiger partial charge < -0.3 is 15.7 Å². The molecule has 2 rings (SSSR count). The molecule has 0 heterocycles. The normalized spacial score (nSPS) is 16.8. The van der Waals surface area contributed by atoms with Gasteiger partial charge in [0.2, 0.25) is 0 Å². The topological polar surface area (TPSA) is 61.4 Å². The fourth-order valence-electron chi connectivity index (χ4n) is 2.54. The van der Waals surface area contributed by atoms with Crippen molar-refractivity contribution in [3.8, 4) is 0 Å². The Morgan fingerprint density at radius 2 is 2.00 bits per heavy atom. The van der Waals surface area contributed by atoms with E-state index in [1.807, 2.05) is 25.1 Å². The molecule has 0 aliphatic heterocycles. The van der Waals surface area contributed by atoms with Crippen LogP contribution in [-0.2, 0) is 0 Å². The van der Waals surface area contributed by atoms with E-state index in [4.69, 9.17) is 0 Å². The number of aliphatic hydroxyl groups is 1. The van der Waals surface area contributed by atoms with Crippen LogP contribution in [0.5, 0.6) is 0 Å². The van der Waals surface area contributed by atoms with Gasteiger partial charge in [0.15, 0.2) is 0 Å². The molecular weight excluding hydrogens is 276 g/mol. The summed E-state index contributed by atoms with van der Waals surface area (Å²) in [7, 11) is 0. The second kappa shape index (κ2) is 6.29. The van der Waals surface area contributed by atoms with Crippen LogP contribution in [0.25, 0.3) is 0 Å². The molecule has 1 fully saturated rings. The van der Waals surface area contributed by atoms with Gasteiger partial charge in [0.1, 0.15) is 0 Å². The molecular formula is C18H28N2O2. The van der Waals surface area contributed by atoms with Crippen LogP contribution in [0.15, 0.2) is 18.2 Å². The molecule has 122 valence electrons. The molecule has 1 aromatic rings. The van der Waals surface area contributed by atoms with Crippen molar-refractivity contribution in [1.82, 2.24) is 5.32 Å². The molecule has 22 heavy (non-hydrogen) atoms. The monoisotopic (exact) mass is 304 g/mol. The summed E-state index contributed by atoms with van der Waals surface area (Å²) in [6.07, 6.45) is 2.59. The number of benzene rings is 1. The molecule has 0 bridgehead atoms. The van der Waals surface area contributed by atoms with E-state index in [2.05, 4.69) is 31.4 Å². The maximum absolute atomic E-state index is 12.4. The Bertz CT molecular complexity index is 543. The van der Waals surface area contributed by atoms with Crippen LogP contribution in [0.1, 0.15) is 56.0 Å². The van der Waals surface area contributed by atoms with Gasteiger partial charge >= 0.3 is 0 Å². The van der Waals surface area contributed by atoms with Gasteiger partial charge in [-0.25, -0.2) is 0 Å². The molecule has 4 nitrogen and oxygen atoms in total. The van der Waals surface area contributed by atoms with Gasteiger partial charge in [-0.2, -0.15) is 0 Å². The van der Waals surface area contributed by atoms with E-state index in [1.54, 1.807) is 0 Å². The van der Waals surface area contributed by atoms with Crippen LogP contribution < -0.4 is 10.6 Å². The predicted molar refractivity (Wildman–Crippen MR) is 90.3 cm³/mol. The van der Waals surface area contributed by atoms with Gasteiger partial charge in [-0.3, -0.25) is 4.79 Å². The minimum absolute atomic E-state index is 0.114. The maximum Gasteiger partial charge on any atom is 0.251 e. The summed E-state index contributed by atoms with van der Waals surface area (Å²) in [5.74, 6) is -0.114. The Balaban J connectivity index is 2.02. The molecule has 0 aromatic heterocycles. The third-order valence-corrected chi connectivity index (χ3v) is 4.25. The molecule has 0 spiro atoms. The highest BCUT2D eigenvalue weighted by Gasteiger charge is 2.34. The van der Waals surface area contributed by atoms with Crippen molar-refractivity contribution in [1.29, 1.82) is 0 Å². The number of amides is 1. The van der Waals surface area contributed by atoms with E-state index in [9.17, 15) is 9.90 Å². The molecule has 1 aliphatic rings. The highest BCUT2D eigenvalue weighted by atomic mass is 16.3. The average molecular weight is 304 g/mol. The fourth-order valence-corrected chi connectivity index (χ4v) is 2.54. The minimum Gasteiger partial charge on any atom is -0.388 e. The second-order valence-electron chi connectivity index (χ2n) is 7.65. The van der Waals surface area contributed by atoms with Crippen molar-refractivity contribution >= 4 is 11.6 Å². The van der Waals surface area contributed by atoms with Gasteiger partial charge in [0.25, 0.3) is 5.91 Å². The Hall–Kier alpha value is -1.55. The summed E-state index contributed by atoms with van der Waals surface area (Å²) < 4.78 is 0. The lowest BCUT2D eigenvalue weighted by Crippen LogP contribution is -2.47. The Kier molecular flexibility index (Phi) is 4.81. The largest absolute Gasteiger partial charge is 0.388 e. The van der Waals surface area contributed by atoms with Crippen molar-refractivity contribution in [2.45, 2.75) is 52.6 Å². The first kappa shape index (κ1) is 16.8. The Morgan fingerprint density at radius 1 is 1.32 bits per heavy atom. The molecule has 3 N–H and O–H groups in total. The van der Waals surface area contributed by atoms with Crippen LogP contribution in [0, 0.1) is 12.3 Å². The molecule has 0 unspecified atom stereocenters. The first-order valence-electron chi connectivity index (χ1n) is 8.04. The van der Waals surface area contributed by atoms with Crippen LogP contribution >= 0.6 is 0 Å². The SMILES string of the molecule is Cc1c(NCC(C)(C)C)cccc1C(=O)NCC1(O)CCC1. The summed E-state index contributed by atoms with van der Waals surface area (Å²) in [6, 6.07) is 5.72. The van der Waals surface area contributed by atoms with Gasteiger partial charge in [-0.15, -0.1) is 0 Å². The third-order valence-electron chi connectivity index (χ3n) is 4.25. The third kappa shape index (κ3) is 4.23. The summed E-state index contributed by atoms with van der Waals surface area (Å²) in [5.41, 5.74) is 2.10. The number of carbonyl (C=O) groups excluding carboxylic acids is 1. The summed E-state index contributed by atoms with van der Waals surface area (Å²) in [4.78, 5) is 12.4. The van der Waals surface area contributed by atoms with E-state index >= 15 is 0 Å². The first-order chi connectivity index (χ1) is 10.2. The standard InChI is InChI=1S/C18H28N2O2/c1-13-14(16(21)20-12-18(22)9-6-10-18)7-5-8-15(13)19-11-17(2,3)4/h5,7-8,19,22H,6,9-12H2,1-4H3,(H,20,21). The lowest BCUT2D eigenvalue weighted by atomic mass is 9.80. The summed E-state index contributed by atoms with van der Waals surface area (Å²) in [5, 5.41) is 16.4. The smallest absolute Gasteiger partial charge is 0.251 e. The van der Waals surface area contributed by atoms with E-state index in [0.29, 0.717) is 12.1 Å². The van der Waals surface area contributed by atoms with E-state index in [-0.39, 0.29) is 11.3 Å². The maximum atomic E-state index is 12.4. The van der Waals surface area contributed by atoms with Crippen molar-refractivity contribution in [3.63, 3.8) is 0 Å². The van der Waals surface area contributed by atoms with Crippen molar-refractivity contribution < 1.29 is 9.90 Å². The zero-order chi connectivity index (χ0) is 16.4. The average Bonchev–Trinajstić information content (AvgIpc) is 2.40. The highest BCUT2D eigenvalue weighted by Crippen LogP contribution is 2.30. The summed E-state index contributed by atoms with van der Waals surface area (Å²) >= 11 is 0. The molecule has 0 radical (unpaired) electrons. The van der Waals surface area contributed by atoms with Crippen molar-refractivity contribution in [2.75, 3.05) is 18.4 Å².